The maximum Gasteiger partial charge on any atom is 0.210 e. The minimum Gasteiger partial charge on any atom is -0.382 e. The number of nitrogens with one attached hydrogen (secondary N) is 1. The first-order valence-electron chi connectivity index (χ1n) is 5.14. The minimum atomic E-state index is -0.223. The lowest BCUT2D eigenvalue weighted by Crippen LogP contribution is -2.28. The molecule has 0 radical (unpaired) electrons. The lowest BCUT2D eigenvalue weighted by molar-refractivity contribution is -0.483. The van der Waals surface area contributed by atoms with E-state index in [-0.39, 0.29) is 17.4 Å². The van der Waals surface area contributed by atoms with Crippen LogP contribution in [0.15, 0.2) is 24.3 Å². The highest BCUT2D eigenvalue weighted by molar-refractivity contribution is 5.55. The van der Waals surface area contributed by atoms with E-state index in [0.717, 1.165) is 17.7 Å². The fourth-order valence-corrected chi connectivity index (χ4v) is 2.22. The van der Waals surface area contributed by atoms with Gasteiger partial charge in [0.1, 0.15) is 0 Å². The van der Waals surface area contributed by atoms with Crippen molar-refractivity contribution in [3.8, 4) is 0 Å². The van der Waals surface area contributed by atoms with Crippen molar-refractivity contribution in [2.24, 2.45) is 0 Å². The number of nitrogens with zero attached hydrogens (tertiary/aromatic N) is 1. The Balaban J connectivity index is 2.29. The van der Waals surface area contributed by atoms with Gasteiger partial charge in [-0.05, 0) is 25.0 Å². The zero-order chi connectivity index (χ0) is 10.8. The predicted molar refractivity (Wildman–Crippen MR) is 58.7 cm³/mol. The fourth-order valence-electron chi connectivity index (χ4n) is 2.22. The van der Waals surface area contributed by atoms with Crippen molar-refractivity contribution in [2.75, 3.05) is 11.9 Å². The smallest absolute Gasteiger partial charge is 0.210 e. The van der Waals surface area contributed by atoms with E-state index in [2.05, 4.69) is 12.2 Å². The van der Waals surface area contributed by atoms with E-state index in [1.54, 1.807) is 0 Å². The van der Waals surface area contributed by atoms with Gasteiger partial charge in [-0.3, -0.25) is 10.1 Å². The Labute approximate surface area is 88.5 Å². The summed E-state index contributed by atoms with van der Waals surface area (Å²) in [5, 5.41) is 13.9. The van der Waals surface area contributed by atoms with Crippen molar-refractivity contribution in [2.45, 2.75) is 25.3 Å². The molecule has 4 nitrogen and oxygen atoms in total. The molecule has 1 aromatic carbocycles. The van der Waals surface area contributed by atoms with Crippen molar-refractivity contribution < 1.29 is 4.92 Å². The van der Waals surface area contributed by atoms with Crippen LogP contribution in [0.1, 0.15) is 24.8 Å². The molecule has 0 fully saturated rings. The predicted octanol–water partition coefficient (Wildman–Crippen LogP) is 2.25. The Morgan fingerprint density at radius 1 is 1.53 bits per heavy atom. The second-order valence-corrected chi connectivity index (χ2v) is 4.08. The number of benzene rings is 1. The standard InChI is InChI=1S/C11H14N2O2/c1-8-6-9(7-13(14)15)10-4-2-3-5-11(10)12-8/h2-5,8-9,12H,6-7H2,1H3/t8-,9+/m1/s1. The van der Waals surface area contributed by atoms with Gasteiger partial charge in [-0.2, -0.15) is 0 Å². The van der Waals surface area contributed by atoms with Crippen molar-refractivity contribution in [3.63, 3.8) is 0 Å². The normalized spacial score (nSPS) is 24.1. The van der Waals surface area contributed by atoms with E-state index in [0.29, 0.717) is 6.04 Å². The molecule has 1 heterocycles. The number of anilines is 1. The lowest BCUT2D eigenvalue weighted by atomic mass is 9.87. The molecule has 0 saturated carbocycles. The molecule has 0 aliphatic carbocycles. The molecule has 2 atom stereocenters. The van der Waals surface area contributed by atoms with Gasteiger partial charge in [0.05, 0.1) is 5.92 Å². The molecule has 0 spiro atoms. The molecule has 0 aromatic heterocycles. The zero-order valence-corrected chi connectivity index (χ0v) is 8.64. The Kier molecular flexibility index (Phi) is 2.58. The first-order chi connectivity index (χ1) is 7.16. The van der Waals surface area contributed by atoms with Gasteiger partial charge in [-0.25, -0.2) is 0 Å². The maximum atomic E-state index is 10.6. The van der Waals surface area contributed by atoms with Gasteiger partial charge in [0, 0.05) is 16.7 Å². The summed E-state index contributed by atoms with van der Waals surface area (Å²) in [6.45, 7) is 2.09. The third-order valence-corrected chi connectivity index (χ3v) is 2.81. The monoisotopic (exact) mass is 206 g/mol. The van der Waals surface area contributed by atoms with Crippen LogP contribution in [0.3, 0.4) is 0 Å². The molecule has 15 heavy (non-hydrogen) atoms. The van der Waals surface area contributed by atoms with Crippen molar-refractivity contribution in [1.29, 1.82) is 0 Å². The lowest BCUT2D eigenvalue weighted by Gasteiger charge is -2.29. The molecule has 0 saturated heterocycles. The first kappa shape index (κ1) is 9.96. The van der Waals surface area contributed by atoms with Crippen LogP contribution in [0.2, 0.25) is 0 Å². The summed E-state index contributed by atoms with van der Waals surface area (Å²) < 4.78 is 0. The highest BCUT2D eigenvalue weighted by Crippen LogP contribution is 2.33. The molecule has 0 bridgehead atoms. The van der Waals surface area contributed by atoms with E-state index in [1.807, 2.05) is 24.3 Å². The van der Waals surface area contributed by atoms with Gasteiger partial charge < -0.3 is 5.32 Å². The Morgan fingerprint density at radius 2 is 2.27 bits per heavy atom. The van der Waals surface area contributed by atoms with Gasteiger partial charge in [0.25, 0.3) is 0 Å². The van der Waals surface area contributed by atoms with Gasteiger partial charge in [-0.1, -0.05) is 18.2 Å². The Morgan fingerprint density at radius 3 is 3.00 bits per heavy atom. The zero-order valence-electron chi connectivity index (χ0n) is 8.64. The number of rotatable bonds is 2. The van der Waals surface area contributed by atoms with Gasteiger partial charge in [0.2, 0.25) is 6.54 Å². The van der Waals surface area contributed by atoms with E-state index < -0.39 is 0 Å². The van der Waals surface area contributed by atoms with Crippen LogP contribution < -0.4 is 5.32 Å². The van der Waals surface area contributed by atoms with Crippen LogP contribution in [-0.2, 0) is 0 Å². The van der Waals surface area contributed by atoms with E-state index in [1.165, 1.54) is 0 Å². The summed E-state index contributed by atoms with van der Waals surface area (Å²) in [5.74, 6) is 0.0486. The summed E-state index contributed by atoms with van der Waals surface area (Å²) in [5.41, 5.74) is 2.12. The van der Waals surface area contributed by atoms with E-state index in [4.69, 9.17) is 0 Å². The number of nitro groups is 1. The van der Waals surface area contributed by atoms with Crippen LogP contribution >= 0.6 is 0 Å². The summed E-state index contributed by atoms with van der Waals surface area (Å²) in [6, 6.07) is 8.15. The van der Waals surface area contributed by atoms with Crippen LogP contribution in [0.5, 0.6) is 0 Å². The van der Waals surface area contributed by atoms with E-state index >= 15 is 0 Å². The van der Waals surface area contributed by atoms with Crippen molar-refractivity contribution in [1.82, 2.24) is 0 Å². The minimum absolute atomic E-state index is 0.0308. The molecular formula is C11H14N2O2. The number of para-hydroxylation sites is 1. The Hall–Kier alpha value is -1.58. The molecule has 0 unspecified atom stereocenters. The molecule has 1 N–H and O–H groups in total. The van der Waals surface area contributed by atoms with Crippen LogP contribution in [0.4, 0.5) is 5.69 Å². The third-order valence-electron chi connectivity index (χ3n) is 2.81. The molecule has 0 amide bonds. The number of fused-ring (bicyclic) bond motifs is 1. The molecule has 1 aromatic rings. The number of hydrogen-bond donors (Lipinski definition) is 1. The highest BCUT2D eigenvalue weighted by atomic mass is 16.6. The summed E-state index contributed by atoms with van der Waals surface area (Å²) in [6.07, 6.45) is 0.831. The molecule has 2 rings (SSSR count). The summed E-state index contributed by atoms with van der Waals surface area (Å²) in [7, 11) is 0. The van der Waals surface area contributed by atoms with Crippen LogP contribution in [0.25, 0.3) is 0 Å². The first-order valence-corrected chi connectivity index (χ1v) is 5.14. The number of hydrogen-bond acceptors (Lipinski definition) is 3. The molecule has 80 valence electrons. The Bertz CT molecular complexity index is 379. The van der Waals surface area contributed by atoms with Crippen molar-refractivity contribution in [3.05, 3.63) is 39.9 Å². The quantitative estimate of drug-likeness (QED) is 0.596. The third kappa shape index (κ3) is 2.09. The SMILES string of the molecule is C[C@@H]1C[C@@H](C[N+](=O)[O-])c2ccccc2N1. The fraction of sp³-hybridized carbons (Fsp3) is 0.455. The molecule has 1 aliphatic rings. The molecular weight excluding hydrogens is 192 g/mol. The van der Waals surface area contributed by atoms with E-state index in [9.17, 15) is 10.1 Å². The molecule has 1 aliphatic heterocycles. The second kappa shape index (κ2) is 3.88. The second-order valence-electron chi connectivity index (χ2n) is 4.08. The van der Waals surface area contributed by atoms with Gasteiger partial charge >= 0.3 is 0 Å². The average molecular weight is 206 g/mol. The van der Waals surface area contributed by atoms with Gasteiger partial charge in [-0.15, -0.1) is 0 Å². The van der Waals surface area contributed by atoms with Gasteiger partial charge in [0.15, 0.2) is 0 Å². The van der Waals surface area contributed by atoms with Crippen LogP contribution in [-0.4, -0.2) is 17.5 Å². The topological polar surface area (TPSA) is 55.2 Å². The van der Waals surface area contributed by atoms with Crippen LogP contribution in [0, 0.1) is 10.1 Å². The average Bonchev–Trinajstić information content (AvgIpc) is 2.16. The van der Waals surface area contributed by atoms with Crippen molar-refractivity contribution >= 4 is 5.69 Å². The summed E-state index contributed by atoms with van der Waals surface area (Å²) >= 11 is 0. The largest absolute Gasteiger partial charge is 0.382 e. The highest BCUT2D eigenvalue weighted by Gasteiger charge is 2.27. The molecule has 4 heteroatoms. The maximum absolute atomic E-state index is 10.6. The summed E-state index contributed by atoms with van der Waals surface area (Å²) in [4.78, 5) is 10.3.